The average Bonchev–Trinajstić information content (AvgIpc) is 2.64. The molecule has 1 unspecified atom stereocenters. The molecule has 0 saturated carbocycles. The molecule has 0 aromatic heterocycles. The standard InChI is InChI=1S/C21H36N4O2.HI/c1-4-22-21(23-11-5-6-18-7-9-19(26)10-8-18)24-14-20-16-25(12-13-27-20)15-17(2)3;/h7-10,17,20,26H,4-6,11-16H2,1-3H3,(H2,22,23,24);1H. The second kappa shape index (κ2) is 14.0. The second-order valence-electron chi connectivity index (χ2n) is 7.56. The van der Waals surface area contributed by atoms with Gasteiger partial charge in [-0.15, -0.1) is 24.0 Å². The largest absolute Gasteiger partial charge is 0.508 e. The first-order valence-corrected chi connectivity index (χ1v) is 10.2. The number of rotatable bonds is 9. The van der Waals surface area contributed by atoms with E-state index in [9.17, 15) is 5.11 Å². The van der Waals surface area contributed by atoms with Gasteiger partial charge < -0.3 is 20.5 Å². The van der Waals surface area contributed by atoms with Crippen molar-refractivity contribution < 1.29 is 9.84 Å². The number of hydrogen-bond donors (Lipinski definition) is 3. The molecule has 3 N–H and O–H groups in total. The minimum atomic E-state index is 0. The minimum Gasteiger partial charge on any atom is -0.508 e. The van der Waals surface area contributed by atoms with Crippen LogP contribution in [-0.4, -0.2) is 67.9 Å². The van der Waals surface area contributed by atoms with Gasteiger partial charge in [0.05, 0.1) is 19.3 Å². The molecule has 0 spiro atoms. The third kappa shape index (κ3) is 9.93. The van der Waals surface area contributed by atoms with Crippen LogP contribution in [0.1, 0.15) is 32.8 Å². The van der Waals surface area contributed by atoms with E-state index in [0.29, 0.717) is 18.2 Å². The van der Waals surface area contributed by atoms with Crippen LogP contribution in [-0.2, 0) is 11.2 Å². The van der Waals surface area contributed by atoms with Gasteiger partial charge >= 0.3 is 0 Å². The highest BCUT2D eigenvalue weighted by atomic mass is 127. The summed E-state index contributed by atoms with van der Waals surface area (Å²) in [5.74, 6) is 1.85. The third-order valence-electron chi connectivity index (χ3n) is 4.51. The maximum absolute atomic E-state index is 9.34. The number of phenols is 1. The van der Waals surface area contributed by atoms with Gasteiger partial charge in [0.1, 0.15) is 5.75 Å². The van der Waals surface area contributed by atoms with Gasteiger partial charge in [0.15, 0.2) is 5.96 Å². The highest BCUT2D eigenvalue weighted by Gasteiger charge is 2.20. The highest BCUT2D eigenvalue weighted by molar-refractivity contribution is 14.0. The third-order valence-corrected chi connectivity index (χ3v) is 4.51. The summed E-state index contributed by atoms with van der Waals surface area (Å²) in [4.78, 5) is 7.20. The van der Waals surface area contributed by atoms with E-state index in [1.807, 2.05) is 12.1 Å². The second-order valence-corrected chi connectivity index (χ2v) is 7.56. The Morgan fingerprint density at radius 3 is 2.71 bits per heavy atom. The Morgan fingerprint density at radius 1 is 1.29 bits per heavy atom. The fraction of sp³-hybridized carbons (Fsp3) is 0.667. The molecule has 0 bridgehead atoms. The fourth-order valence-corrected chi connectivity index (χ4v) is 3.27. The van der Waals surface area contributed by atoms with Crippen molar-refractivity contribution >= 4 is 29.9 Å². The summed E-state index contributed by atoms with van der Waals surface area (Å²) in [5, 5.41) is 16.1. The van der Waals surface area contributed by atoms with Crippen LogP contribution in [0.25, 0.3) is 0 Å². The van der Waals surface area contributed by atoms with Crippen molar-refractivity contribution in [3.8, 4) is 5.75 Å². The van der Waals surface area contributed by atoms with Crippen LogP contribution in [0.5, 0.6) is 5.75 Å². The molecule has 1 aromatic rings. The number of ether oxygens (including phenoxy) is 1. The smallest absolute Gasteiger partial charge is 0.191 e. The molecule has 1 aliphatic rings. The molecular weight excluding hydrogens is 467 g/mol. The predicted octanol–water partition coefficient (Wildman–Crippen LogP) is 2.85. The number of morpholine rings is 1. The molecule has 1 heterocycles. The number of phenolic OH excluding ortho intramolecular Hbond substituents is 1. The quantitative estimate of drug-likeness (QED) is 0.209. The van der Waals surface area contributed by atoms with Gasteiger partial charge in [-0.05, 0) is 43.4 Å². The van der Waals surface area contributed by atoms with Crippen LogP contribution in [0.4, 0.5) is 0 Å². The Kier molecular flexibility index (Phi) is 12.5. The van der Waals surface area contributed by atoms with Crippen molar-refractivity contribution in [2.75, 3.05) is 45.9 Å². The molecule has 0 amide bonds. The summed E-state index contributed by atoms with van der Waals surface area (Å²) in [6.45, 7) is 12.9. The maximum atomic E-state index is 9.34. The molecule has 2 rings (SSSR count). The molecule has 1 aromatic carbocycles. The molecule has 1 fully saturated rings. The van der Waals surface area contributed by atoms with E-state index in [1.54, 1.807) is 12.1 Å². The first-order chi connectivity index (χ1) is 13.1. The molecule has 1 aliphatic heterocycles. The Balaban J connectivity index is 0.00000392. The minimum absolute atomic E-state index is 0. The van der Waals surface area contributed by atoms with E-state index >= 15 is 0 Å². The van der Waals surface area contributed by atoms with Crippen molar-refractivity contribution in [2.45, 2.75) is 39.7 Å². The van der Waals surface area contributed by atoms with Crippen LogP contribution in [0.15, 0.2) is 29.3 Å². The van der Waals surface area contributed by atoms with E-state index in [-0.39, 0.29) is 30.1 Å². The Hall–Kier alpha value is -1.06. The normalized spacial score (nSPS) is 18.0. The SMILES string of the molecule is CCNC(=NCC1CN(CC(C)C)CCO1)NCCCc1ccc(O)cc1.I. The maximum Gasteiger partial charge on any atom is 0.191 e. The Bertz CT molecular complexity index is 566. The van der Waals surface area contributed by atoms with Crippen LogP contribution in [0, 0.1) is 5.92 Å². The zero-order valence-electron chi connectivity index (χ0n) is 17.5. The number of aromatic hydroxyl groups is 1. The van der Waals surface area contributed by atoms with Crippen molar-refractivity contribution in [1.29, 1.82) is 0 Å². The van der Waals surface area contributed by atoms with Gasteiger partial charge in [-0.2, -0.15) is 0 Å². The zero-order valence-corrected chi connectivity index (χ0v) is 19.8. The van der Waals surface area contributed by atoms with E-state index in [1.165, 1.54) is 5.56 Å². The van der Waals surface area contributed by atoms with Gasteiger partial charge in [-0.25, -0.2) is 0 Å². The summed E-state index contributed by atoms with van der Waals surface area (Å²) < 4.78 is 5.89. The first-order valence-electron chi connectivity index (χ1n) is 10.2. The van der Waals surface area contributed by atoms with Crippen molar-refractivity contribution in [1.82, 2.24) is 15.5 Å². The molecule has 28 heavy (non-hydrogen) atoms. The fourth-order valence-electron chi connectivity index (χ4n) is 3.27. The molecule has 0 aliphatic carbocycles. The van der Waals surface area contributed by atoms with E-state index < -0.39 is 0 Å². The molecule has 7 heteroatoms. The average molecular weight is 504 g/mol. The van der Waals surface area contributed by atoms with Gasteiger partial charge in [0, 0.05) is 32.7 Å². The summed E-state index contributed by atoms with van der Waals surface area (Å²) in [7, 11) is 0. The number of benzene rings is 1. The first kappa shape index (κ1) is 25.0. The summed E-state index contributed by atoms with van der Waals surface area (Å²) in [5.41, 5.74) is 1.23. The van der Waals surface area contributed by atoms with Gasteiger partial charge in [-0.3, -0.25) is 9.89 Å². The topological polar surface area (TPSA) is 69.1 Å². The lowest BCUT2D eigenvalue weighted by molar-refractivity contribution is -0.0261. The van der Waals surface area contributed by atoms with Crippen LogP contribution in [0.2, 0.25) is 0 Å². The molecule has 0 radical (unpaired) electrons. The van der Waals surface area contributed by atoms with Crippen molar-refractivity contribution in [3.63, 3.8) is 0 Å². The van der Waals surface area contributed by atoms with E-state index in [0.717, 1.165) is 58.1 Å². The molecule has 1 saturated heterocycles. The van der Waals surface area contributed by atoms with Crippen molar-refractivity contribution in [2.24, 2.45) is 10.9 Å². The van der Waals surface area contributed by atoms with Gasteiger partial charge in [0.25, 0.3) is 0 Å². The Labute approximate surface area is 187 Å². The van der Waals surface area contributed by atoms with Crippen LogP contribution >= 0.6 is 24.0 Å². The number of nitrogens with zero attached hydrogens (tertiary/aromatic N) is 2. The lowest BCUT2D eigenvalue weighted by atomic mass is 10.1. The molecule has 160 valence electrons. The van der Waals surface area contributed by atoms with Crippen LogP contribution in [0.3, 0.4) is 0 Å². The molecule has 1 atom stereocenters. The monoisotopic (exact) mass is 504 g/mol. The van der Waals surface area contributed by atoms with Crippen LogP contribution < -0.4 is 10.6 Å². The summed E-state index contributed by atoms with van der Waals surface area (Å²) in [6.07, 6.45) is 2.16. The number of nitrogens with one attached hydrogen (secondary N) is 2. The number of aryl methyl sites for hydroxylation is 1. The number of halogens is 1. The summed E-state index contributed by atoms with van der Waals surface area (Å²) in [6, 6.07) is 7.41. The number of guanidine groups is 1. The van der Waals surface area contributed by atoms with Gasteiger partial charge in [-0.1, -0.05) is 26.0 Å². The molecule has 6 nitrogen and oxygen atoms in total. The lowest BCUT2D eigenvalue weighted by Gasteiger charge is -2.33. The number of aliphatic imine (C=N–C) groups is 1. The van der Waals surface area contributed by atoms with E-state index in [2.05, 4.69) is 36.3 Å². The van der Waals surface area contributed by atoms with Gasteiger partial charge in [0.2, 0.25) is 0 Å². The highest BCUT2D eigenvalue weighted by Crippen LogP contribution is 2.11. The Morgan fingerprint density at radius 2 is 2.04 bits per heavy atom. The molecular formula is C21H37IN4O2. The lowest BCUT2D eigenvalue weighted by Crippen LogP contribution is -2.46. The predicted molar refractivity (Wildman–Crippen MR) is 127 cm³/mol. The zero-order chi connectivity index (χ0) is 19.5. The number of hydrogen-bond acceptors (Lipinski definition) is 4. The summed E-state index contributed by atoms with van der Waals surface area (Å²) >= 11 is 0. The van der Waals surface area contributed by atoms with Crippen molar-refractivity contribution in [3.05, 3.63) is 29.8 Å². The van der Waals surface area contributed by atoms with E-state index in [4.69, 9.17) is 9.73 Å².